The SMILES string of the molecule is COc1ccccc1NC(=O)N/N=C/c1cc(C)n(C(C)C)c1. The first kappa shape index (κ1) is 16.6. The third kappa shape index (κ3) is 4.35. The summed E-state index contributed by atoms with van der Waals surface area (Å²) in [5.74, 6) is 0.594. The molecule has 0 spiro atoms. The molecule has 1 aromatic carbocycles. The molecule has 0 bridgehead atoms. The Kier molecular flexibility index (Phi) is 5.41. The Morgan fingerprint density at radius 1 is 1.35 bits per heavy atom. The quantitative estimate of drug-likeness (QED) is 0.655. The number of hydrogen-bond donors (Lipinski definition) is 2. The fraction of sp³-hybridized carbons (Fsp3) is 0.294. The lowest BCUT2D eigenvalue weighted by atomic mass is 10.3. The van der Waals surface area contributed by atoms with Crippen molar-refractivity contribution in [1.82, 2.24) is 9.99 Å². The Balaban J connectivity index is 1.95. The molecule has 0 unspecified atom stereocenters. The molecule has 0 aliphatic rings. The predicted octanol–water partition coefficient (Wildman–Crippen LogP) is 3.54. The van der Waals surface area contributed by atoms with Crippen molar-refractivity contribution in [2.45, 2.75) is 26.8 Å². The molecule has 2 N–H and O–H groups in total. The average molecular weight is 314 g/mol. The molecular weight excluding hydrogens is 292 g/mol. The minimum Gasteiger partial charge on any atom is -0.495 e. The highest BCUT2D eigenvalue weighted by molar-refractivity contribution is 5.91. The second-order valence-electron chi connectivity index (χ2n) is 5.44. The van der Waals surface area contributed by atoms with Gasteiger partial charge < -0.3 is 14.6 Å². The summed E-state index contributed by atoms with van der Waals surface area (Å²) < 4.78 is 7.32. The zero-order valence-corrected chi connectivity index (χ0v) is 13.8. The van der Waals surface area contributed by atoms with Crippen molar-refractivity contribution in [1.29, 1.82) is 0 Å². The zero-order valence-electron chi connectivity index (χ0n) is 13.8. The van der Waals surface area contributed by atoms with E-state index in [1.807, 2.05) is 31.3 Å². The van der Waals surface area contributed by atoms with E-state index in [9.17, 15) is 4.79 Å². The molecule has 0 fully saturated rings. The number of para-hydroxylation sites is 2. The van der Waals surface area contributed by atoms with Crippen LogP contribution in [0.5, 0.6) is 5.75 Å². The van der Waals surface area contributed by atoms with Gasteiger partial charge in [0.25, 0.3) is 0 Å². The highest BCUT2D eigenvalue weighted by Crippen LogP contribution is 2.22. The number of carbonyl (C=O) groups is 1. The number of benzene rings is 1. The Hall–Kier alpha value is -2.76. The van der Waals surface area contributed by atoms with Crippen LogP contribution < -0.4 is 15.5 Å². The first-order valence-corrected chi connectivity index (χ1v) is 7.43. The number of nitrogens with one attached hydrogen (secondary N) is 2. The number of urea groups is 1. The van der Waals surface area contributed by atoms with Gasteiger partial charge in [-0.2, -0.15) is 5.10 Å². The number of amides is 2. The summed E-state index contributed by atoms with van der Waals surface area (Å²) >= 11 is 0. The molecule has 1 aromatic heterocycles. The van der Waals surface area contributed by atoms with E-state index in [1.165, 1.54) is 0 Å². The van der Waals surface area contributed by atoms with Crippen molar-refractivity contribution in [3.05, 3.63) is 47.8 Å². The molecule has 2 rings (SSSR count). The maximum atomic E-state index is 11.9. The van der Waals surface area contributed by atoms with E-state index in [-0.39, 0.29) is 0 Å². The molecule has 0 atom stereocenters. The number of hydrogen-bond acceptors (Lipinski definition) is 3. The number of ether oxygens (including phenoxy) is 1. The second-order valence-corrected chi connectivity index (χ2v) is 5.44. The monoisotopic (exact) mass is 314 g/mol. The fourth-order valence-electron chi connectivity index (χ4n) is 2.31. The maximum absolute atomic E-state index is 11.9. The number of rotatable bonds is 5. The van der Waals surface area contributed by atoms with Crippen LogP contribution in [0.15, 0.2) is 41.6 Å². The summed E-state index contributed by atoms with van der Waals surface area (Å²) in [6.45, 7) is 6.28. The molecule has 2 amide bonds. The summed E-state index contributed by atoms with van der Waals surface area (Å²) in [6, 6.07) is 9.17. The van der Waals surface area contributed by atoms with E-state index in [4.69, 9.17) is 4.74 Å². The number of carbonyl (C=O) groups excluding carboxylic acids is 1. The van der Waals surface area contributed by atoms with Gasteiger partial charge in [0, 0.05) is 23.5 Å². The van der Waals surface area contributed by atoms with Crippen LogP contribution in [-0.4, -0.2) is 23.9 Å². The molecule has 6 nitrogen and oxygen atoms in total. The summed E-state index contributed by atoms with van der Waals surface area (Å²) in [5.41, 5.74) is 5.12. The van der Waals surface area contributed by atoms with E-state index in [1.54, 1.807) is 25.5 Å². The van der Waals surface area contributed by atoms with E-state index in [0.29, 0.717) is 17.5 Å². The molecule has 122 valence electrons. The minimum atomic E-state index is -0.425. The van der Waals surface area contributed by atoms with Crippen LogP contribution in [0.3, 0.4) is 0 Å². The van der Waals surface area contributed by atoms with E-state index in [0.717, 1.165) is 11.3 Å². The topological polar surface area (TPSA) is 67.7 Å². The molecule has 2 aromatic rings. The minimum absolute atomic E-state index is 0.388. The van der Waals surface area contributed by atoms with Crippen molar-refractivity contribution < 1.29 is 9.53 Å². The van der Waals surface area contributed by atoms with Crippen LogP contribution in [0, 0.1) is 6.92 Å². The van der Waals surface area contributed by atoms with Gasteiger partial charge in [-0.3, -0.25) is 0 Å². The molecule has 0 aliphatic heterocycles. The average Bonchev–Trinajstić information content (AvgIpc) is 2.89. The van der Waals surface area contributed by atoms with Crippen LogP contribution >= 0.6 is 0 Å². The van der Waals surface area contributed by atoms with E-state index in [2.05, 4.69) is 34.3 Å². The van der Waals surface area contributed by atoms with Gasteiger partial charge in [0.2, 0.25) is 0 Å². The lowest BCUT2D eigenvalue weighted by Gasteiger charge is -2.09. The van der Waals surface area contributed by atoms with Crippen molar-refractivity contribution in [3.8, 4) is 5.75 Å². The highest BCUT2D eigenvalue weighted by atomic mass is 16.5. The molecular formula is C17H22N4O2. The van der Waals surface area contributed by atoms with Crippen LogP contribution in [0.25, 0.3) is 0 Å². The van der Waals surface area contributed by atoms with E-state index >= 15 is 0 Å². The first-order chi connectivity index (χ1) is 11.0. The van der Waals surface area contributed by atoms with Crippen LogP contribution in [0.4, 0.5) is 10.5 Å². The van der Waals surface area contributed by atoms with E-state index < -0.39 is 6.03 Å². The number of anilines is 1. The van der Waals surface area contributed by atoms with Crippen molar-refractivity contribution in [2.75, 3.05) is 12.4 Å². The number of aryl methyl sites for hydroxylation is 1. The fourth-order valence-corrected chi connectivity index (χ4v) is 2.31. The molecule has 6 heteroatoms. The van der Waals surface area contributed by atoms with Gasteiger partial charge in [0.05, 0.1) is 19.0 Å². The van der Waals surface area contributed by atoms with Gasteiger partial charge in [-0.05, 0) is 39.0 Å². The number of aromatic nitrogens is 1. The second kappa shape index (κ2) is 7.49. The van der Waals surface area contributed by atoms with Crippen LogP contribution in [-0.2, 0) is 0 Å². The summed E-state index contributed by atoms with van der Waals surface area (Å²) in [5, 5.41) is 6.65. The predicted molar refractivity (Wildman–Crippen MR) is 92.3 cm³/mol. The zero-order chi connectivity index (χ0) is 16.8. The summed E-state index contributed by atoms with van der Waals surface area (Å²) in [7, 11) is 1.55. The molecule has 0 saturated carbocycles. The van der Waals surface area contributed by atoms with Gasteiger partial charge in [0.15, 0.2) is 0 Å². The number of nitrogens with zero attached hydrogens (tertiary/aromatic N) is 2. The van der Waals surface area contributed by atoms with Gasteiger partial charge >= 0.3 is 6.03 Å². The van der Waals surface area contributed by atoms with Crippen LogP contribution in [0.2, 0.25) is 0 Å². The molecule has 1 heterocycles. The number of hydrazone groups is 1. The molecule has 0 aliphatic carbocycles. The summed E-state index contributed by atoms with van der Waals surface area (Å²) in [6.07, 6.45) is 3.62. The molecule has 0 radical (unpaired) electrons. The third-order valence-corrected chi connectivity index (χ3v) is 3.36. The van der Waals surface area contributed by atoms with Crippen LogP contribution in [0.1, 0.15) is 31.1 Å². The van der Waals surface area contributed by atoms with Gasteiger partial charge in [-0.15, -0.1) is 0 Å². The molecule has 0 saturated heterocycles. The smallest absolute Gasteiger partial charge is 0.339 e. The first-order valence-electron chi connectivity index (χ1n) is 7.43. The normalized spacial score (nSPS) is 11.0. The Morgan fingerprint density at radius 3 is 2.74 bits per heavy atom. The van der Waals surface area contributed by atoms with Crippen molar-refractivity contribution in [3.63, 3.8) is 0 Å². The lowest BCUT2D eigenvalue weighted by Crippen LogP contribution is -2.24. The molecule has 23 heavy (non-hydrogen) atoms. The lowest BCUT2D eigenvalue weighted by molar-refractivity contribution is 0.252. The number of methoxy groups -OCH3 is 1. The van der Waals surface area contributed by atoms with Crippen molar-refractivity contribution >= 4 is 17.9 Å². The van der Waals surface area contributed by atoms with Gasteiger partial charge in [0.1, 0.15) is 5.75 Å². The highest BCUT2D eigenvalue weighted by Gasteiger charge is 2.06. The maximum Gasteiger partial charge on any atom is 0.339 e. The Labute approximate surface area is 136 Å². The Bertz CT molecular complexity index is 704. The third-order valence-electron chi connectivity index (χ3n) is 3.36. The largest absolute Gasteiger partial charge is 0.495 e. The van der Waals surface area contributed by atoms with Gasteiger partial charge in [-0.1, -0.05) is 12.1 Å². The summed E-state index contributed by atoms with van der Waals surface area (Å²) in [4.78, 5) is 11.9. The standard InChI is InChI=1S/C17H22N4O2/c1-12(2)21-11-14(9-13(21)3)10-18-20-17(22)19-15-7-5-6-8-16(15)23-4/h5-12H,1-4H3,(H2,19,20,22)/b18-10+. The van der Waals surface area contributed by atoms with Crippen molar-refractivity contribution in [2.24, 2.45) is 5.10 Å². The Morgan fingerprint density at radius 2 is 2.09 bits per heavy atom. The van der Waals surface area contributed by atoms with Gasteiger partial charge in [-0.25, -0.2) is 10.2 Å².